The summed E-state index contributed by atoms with van der Waals surface area (Å²) in [4.78, 5) is 20.4. The van der Waals surface area contributed by atoms with E-state index in [4.69, 9.17) is 33.7 Å². The molecule has 2 aromatic carbocycles. The van der Waals surface area contributed by atoms with Gasteiger partial charge in [-0.25, -0.2) is 14.8 Å². The van der Waals surface area contributed by atoms with Crippen molar-refractivity contribution in [3.63, 3.8) is 0 Å². The fourth-order valence-electron chi connectivity index (χ4n) is 2.47. The summed E-state index contributed by atoms with van der Waals surface area (Å²) in [6.07, 6.45) is 1.37. The first kappa shape index (κ1) is 21.7. The Morgan fingerprint density at radius 1 is 1.07 bits per heavy atom. The molecule has 9 heteroatoms. The van der Waals surface area contributed by atoms with Crippen molar-refractivity contribution in [1.29, 1.82) is 0 Å². The molecule has 156 valence electrons. The highest BCUT2D eigenvalue weighted by Gasteiger charge is 2.12. The Morgan fingerprint density at radius 2 is 1.73 bits per heavy atom. The van der Waals surface area contributed by atoms with Crippen molar-refractivity contribution in [3.05, 3.63) is 64.4 Å². The van der Waals surface area contributed by atoms with Crippen molar-refractivity contribution in [2.24, 2.45) is 5.92 Å². The second kappa shape index (κ2) is 9.65. The van der Waals surface area contributed by atoms with Crippen LogP contribution in [0.5, 0.6) is 0 Å². The molecule has 0 spiro atoms. The lowest BCUT2D eigenvalue weighted by Gasteiger charge is -2.14. The van der Waals surface area contributed by atoms with Crippen LogP contribution in [0.4, 0.5) is 28.7 Å². The molecule has 1 aromatic heterocycles. The number of ether oxygens (including phenoxy) is 1. The molecule has 0 saturated heterocycles. The minimum absolute atomic E-state index is 0.278. The van der Waals surface area contributed by atoms with E-state index >= 15 is 0 Å². The first-order valence-corrected chi connectivity index (χ1v) is 9.96. The van der Waals surface area contributed by atoms with Gasteiger partial charge in [0.25, 0.3) is 0 Å². The summed E-state index contributed by atoms with van der Waals surface area (Å²) >= 11 is 12.2. The number of aromatic nitrogens is 2. The number of nitrogens with two attached hydrogens (primary N) is 1. The van der Waals surface area contributed by atoms with Gasteiger partial charge in [-0.3, -0.25) is 0 Å². The maximum absolute atomic E-state index is 12.0. The third-order valence-corrected chi connectivity index (χ3v) is 4.56. The number of halogens is 2. The first-order chi connectivity index (χ1) is 14.3. The van der Waals surface area contributed by atoms with E-state index in [-0.39, 0.29) is 11.9 Å². The lowest BCUT2D eigenvalue weighted by atomic mass is 10.2. The highest BCUT2D eigenvalue weighted by Crippen LogP contribution is 2.32. The van der Waals surface area contributed by atoms with Gasteiger partial charge >= 0.3 is 5.97 Å². The summed E-state index contributed by atoms with van der Waals surface area (Å²) in [5.41, 5.74) is 8.26. The Hall–Kier alpha value is -3.03. The molecule has 0 bridgehead atoms. The van der Waals surface area contributed by atoms with E-state index in [1.165, 1.54) is 6.33 Å². The Morgan fingerprint density at radius 3 is 2.40 bits per heavy atom. The summed E-state index contributed by atoms with van der Waals surface area (Å²) < 4.78 is 5.23. The second-order valence-corrected chi connectivity index (χ2v) is 7.77. The van der Waals surface area contributed by atoms with Crippen molar-refractivity contribution in [2.75, 3.05) is 23.0 Å². The maximum Gasteiger partial charge on any atom is 0.338 e. The molecule has 0 aliphatic rings. The van der Waals surface area contributed by atoms with Crippen molar-refractivity contribution in [3.8, 4) is 0 Å². The molecule has 0 amide bonds. The summed E-state index contributed by atoms with van der Waals surface area (Å²) in [7, 11) is 0. The molecule has 1 heterocycles. The smallest absolute Gasteiger partial charge is 0.338 e. The van der Waals surface area contributed by atoms with E-state index in [1.54, 1.807) is 42.5 Å². The zero-order valence-electron chi connectivity index (χ0n) is 16.4. The summed E-state index contributed by atoms with van der Waals surface area (Å²) in [5, 5.41) is 7.18. The van der Waals surface area contributed by atoms with E-state index in [2.05, 4.69) is 20.6 Å². The number of nitrogen functional groups attached to an aromatic ring is 1. The van der Waals surface area contributed by atoms with E-state index in [0.29, 0.717) is 50.9 Å². The Labute approximate surface area is 184 Å². The lowest BCUT2D eigenvalue weighted by Crippen LogP contribution is -2.10. The standard InChI is InChI=1S/C21H21Cl2N5O2/c1-12(2)10-30-21(29)13-3-6-15(7-4-13)27-19-18(24)20(26-11-25-19)28-17-9-14(22)5-8-16(17)23/h3-9,11-12H,10,24H2,1-2H3,(H2,25,26,27,28). The van der Waals surface area contributed by atoms with Gasteiger partial charge in [-0.1, -0.05) is 37.0 Å². The first-order valence-electron chi connectivity index (χ1n) is 9.20. The summed E-state index contributed by atoms with van der Waals surface area (Å²) in [6, 6.07) is 11.9. The van der Waals surface area contributed by atoms with Crippen molar-refractivity contribution >= 4 is 57.9 Å². The van der Waals surface area contributed by atoms with Gasteiger partial charge in [-0.05, 0) is 48.4 Å². The normalized spacial score (nSPS) is 10.7. The van der Waals surface area contributed by atoms with E-state index < -0.39 is 0 Å². The second-order valence-electron chi connectivity index (χ2n) is 6.93. The van der Waals surface area contributed by atoms with Crippen molar-refractivity contribution < 1.29 is 9.53 Å². The lowest BCUT2D eigenvalue weighted by molar-refractivity contribution is 0.0459. The number of carbonyl (C=O) groups excluding carboxylic acids is 1. The number of benzene rings is 2. The van der Waals surface area contributed by atoms with Crippen LogP contribution in [0.15, 0.2) is 48.8 Å². The number of anilines is 5. The predicted molar refractivity (Wildman–Crippen MR) is 121 cm³/mol. The van der Waals surface area contributed by atoms with Crippen LogP contribution < -0.4 is 16.4 Å². The van der Waals surface area contributed by atoms with Crippen LogP contribution in [0.1, 0.15) is 24.2 Å². The number of nitrogens with one attached hydrogen (secondary N) is 2. The average Bonchev–Trinajstić information content (AvgIpc) is 2.72. The fraction of sp³-hybridized carbons (Fsp3) is 0.190. The Bertz CT molecular complexity index is 1040. The molecule has 4 N–H and O–H groups in total. The monoisotopic (exact) mass is 445 g/mol. The maximum atomic E-state index is 12.0. The highest BCUT2D eigenvalue weighted by atomic mass is 35.5. The third kappa shape index (κ3) is 5.52. The van der Waals surface area contributed by atoms with Gasteiger partial charge in [0.05, 0.1) is 22.9 Å². The Balaban J connectivity index is 1.73. The van der Waals surface area contributed by atoms with E-state index in [9.17, 15) is 4.79 Å². The molecule has 0 fully saturated rings. The predicted octanol–water partition coefficient (Wildman–Crippen LogP) is 5.67. The largest absolute Gasteiger partial charge is 0.462 e. The van der Waals surface area contributed by atoms with E-state index in [0.717, 1.165) is 0 Å². The minimum atomic E-state index is -0.360. The number of nitrogens with zero attached hydrogens (tertiary/aromatic N) is 2. The summed E-state index contributed by atoms with van der Waals surface area (Å²) in [5.74, 6) is 0.702. The van der Waals surface area contributed by atoms with Gasteiger partial charge in [0.2, 0.25) is 0 Å². The Kier molecular flexibility index (Phi) is 6.97. The fourth-order valence-corrected chi connectivity index (χ4v) is 2.80. The molecule has 0 unspecified atom stereocenters. The van der Waals surface area contributed by atoms with Gasteiger partial charge in [-0.15, -0.1) is 0 Å². The average molecular weight is 446 g/mol. The quantitative estimate of drug-likeness (QED) is 0.402. The van der Waals surface area contributed by atoms with Crippen LogP contribution >= 0.6 is 23.2 Å². The highest BCUT2D eigenvalue weighted by molar-refractivity contribution is 6.35. The third-order valence-electron chi connectivity index (χ3n) is 4.00. The molecule has 3 aromatic rings. The van der Waals surface area contributed by atoms with Gasteiger partial charge in [0.15, 0.2) is 11.6 Å². The topological polar surface area (TPSA) is 102 Å². The van der Waals surface area contributed by atoms with Crippen LogP contribution in [-0.2, 0) is 4.74 Å². The van der Waals surface area contributed by atoms with Gasteiger partial charge in [0.1, 0.15) is 12.0 Å². The molecular weight excluding hydrogens is 425 g/mol. The number of esters is 1. The van der Waals surface area contributed by atoms with Gasteiger partial charge in [-0.2, -0.15) is 0 Å². The number of carbonyl (C=O) groups is 1. The van der Waals surface area contributed by atoms with Crippen LogP contribution in [0.2, 0.25) is 10.0 Å². The number of rotatable bonds is 7. The molecule has 0 radical (unpaired) electrons. The van der Waals surface area contributed by atoms with Crippen LogP contribution in [0.3, 0.4) is 0 Å². The van der Waals surface area contributed by atoms with Crippen LogP contribution in [0, 0.1) is 5.92 Å². The number of hydrogen-bond donors (Lipinski definition) is 3. The molecule has 30 heavy (non-hydrogen) atoms. The molecule has 7 nitrogen and oxygen atoms in total. The summed E-state index contributed by atoms with van der Waals surface area (Å²) in [6.45, 7) is 4.34. The zero-order chi connectivity index (χ0) is 21.7. The number of hydrogen-bond acceptors (Lipinski definition) is 7. The molecule has 0 aliphatic carbocycles. The molecule has 0 aliphatic heterocycles. The van der Waals surface area contributed by atoms with Gasteiger partial charge in [0, 0.05) is 10.7 Å². The van der Waals surface area contributed by atoms with Crippen LogP contribution in [0.25, 0.3) is 0 Å². The van der Waals surface area contributed by atoms with Gasteiger partial charge < -0.3 is 21.1 Å². The SMILES string of the molecule is CC(C)COC(=O)c1ccc(Nc2ncnc(Nc3cc(Cl)ccc3Cl)c2N)cc1. The molecule has 0 saturated carbocycles. The van der Waals surface area contributed by atoms with Crippen molar-refractivity contribution in [2.45, 2.75) is 13.8 Å². The zero-order valence-corrected chi connectivity index (χ0v) is 18.0. The van der Waals surface area contributed by atoms with E-state index in [1.807, 2.05) is 13.8 Å². The molecule has 3 rings (SSSR count). The van der Waals surface area contributed by atoms with Crippen molar-refractivity contribution in [1.82, 2.24) is 9.97 Å². The molecular formula is C21H21Cl2N5O2. The molecule has 0 atom stereocenters. The van der Waals surface area contributed by atoms with Crippen LogP contribution in [-0.4, -0.2) is 22.5 Å². The minimum Gasteiger partial charge on any atom is -0.462 e.